The van der Waals surface area contributed by atoms with Crippen molar-refractivity contribution in [3.8, 4) is 17.0 Å². The summed E-state index contributed by atoms with van der Waals surface area (Å²) in [6.07, 6.45) is 2.63. The number of aromatic nitrogens is 1. The quantitative estimate of drug-likeness (QED) is 0.842. The third-order valence-corrected chi connectivity index (χ3v) is 4.19. The van der Waals surface area contributed by atoms with Gasteiger partial charge in [-0.3, -0.25) is 0 Å². The molecule has 0 bridgehead atoms. The number of ether oxygens (including phenoxy) is 1. The van der Waals surface area contributed by atoms with Gasteiger partial charge >= 0.3 is 6.61 Å². The molecule has 3 nitrogen and oxygen atoms in total. The van der Waals surface area contributed by atoms with Crippen LogP contribution in [-0.4, -0.2) is 18.1 Å². The SMILES string of the molecule is FC(F)Oc1ccccc1-c1csc(CNCC2CC2)n1. The Balaban J connectivity index is 1.69. The molecule has 21 heavy (non-hydrogen) atoms. The fraction of sp³-hybridized carbons (Fsp3) is 0.400. The van der Waals surface area contributed by atoms with Crippen LogP contribution in [0.3, 0.4) is 0 Å². The van der Waals surface area contributed by atoms with Gasteiger partial charge in [-0.25, -0.2) is 4.98 Å². The monoisotopic (exact) mass is 310 g/mol. The van der Waals surface area contributed by atoms with E-state index in [1.807, 2.05) is 5.38 Å². The predicted molar refractivity (Wildman–Crippen MR) is 78.6 cm³/mol. The van der Waals surface area contributed by atoms with Crippen LogP contribution in [0.25, 0.3) is 11.3 Å². The van der Waals surface area contributed by atoms with Crippen LogP contribution in [0.1, 0.15) is 17.8 Å². The van der Waals surface area contributed by atoms with Gasteiger partial charge in [0.2, 0.25) is 0 Å². The number of alkyl halides is 2. The molecule has 2 aromatic rings. The summed E-state index contributed by atoms with van der Waals surface area (Å²) in [7, 11) is 0. The first-order chi connectivity index (χ1) is 10.2. The summed E-state index contributed by atoms with van der Waals surface area (Å²) in [6.45, 7) is -1.08. The van der Waals surface area contributed by atoms with Crippen LogP contribution in [0.4, 0.5) is 8.78 Å². The van der Waals surface area contributed by atoms with Crippen molar-refractivity contribution >= 4 is 11.3 Å². The highest BCUT2D eigenvalue weighted by Gasteiger charge is 2.20. The first kappa shape index (κ1) is 14.4. The molecular formula is C15H16F2N2OS. The summed E-state index contributed by atoms with van der Waals surface area (Å²) in [5.41, 5.74) is 1.28. The van der Waals surface area contributed by atoms with Crippen LogP contribution in [-0.2, 0) is 6.54 Å². The first-order valence-electron chi connectivity index (χ1n) is 6.91. The number of benzene rings is 1. The van der Waals surface area contributed by atoms with Gasteiger partial charge in [0.25, 0.3) is 0 Å². The molecule has 1 aliphatic rings. The zero-order valence-corrected chi connectivity index (χ0v) is 12.2. The second kappa shape index (κ2) is 6.49. The minimum atomic E-state index is -2.83. The third-order valence-electron chi connectivity index (χ3n) is 3.34. The van der Waals surface area contributed by atoms with Gasteiger partial charge in [-0.05, 0) is 37.4 Å². The molecule has 6 heteroatoms. The number of nitrogens with one attached hydrogen (secondary N) is 1. The second-order valence-corrected chi connectivity index (χ2v) is 6.02. The molecule has 0 atom stereocenters. The fourth-order valence-corrected chi connectivity index (χ4v) is 2.86. The summed E-state index contributed by atoms with van der Waals surface area (Å²) >= 11 is 1.53. The largest absolute Gasteiger partial charge is 0.434 e. The molecule has 0 unspecified atom stereocenters. The maximum absolute atomic E-state index is 12.4. The summed E-state index contributed by atoms with van der Waals surface area (Å²) < 4.78 is 29.4. The van der Waals surface area contributed by atoms with Crippen molar-refractivity contribution in [2.75, 3.05) is 6.54 Å². The lowest BCUT2D eigenvalue weighted by Crippen LogP contribution is -2.15. The summed E-state index contributed by atoms with van der Waals surface area (Å²) in [4.78, 5) is 4.50. The standard InChI is InChI=1S/C15H16F2N2OS/c16-15(17)20-13-4-2-1-3-11(13)12-9-21-14(19-12)8-18-7-10-5-6-10/h1-4,9-10,15,18H,5-8H2. The van der Waals surface area contributed by atoms with Crippen LogP contribution in [0, 0.1) is 5.92 Å². The molecular weight excluding hydrogens is 294 g/mol. The van der Waals surface area contributed by atoms with E-state index in [0.717, 1.165) is 24.0 Å². The zero-order chi connectivity index (χ0) is 14.7. The van der Waals surface area contributed by atoms with E-state index in [-0.39, 0.29) is 5.75 Å². The number of halogens is 2. The Hall–Kier alpha value is -1.53. The molecule has 3 rings (SSSR count). The van der Waals surface area contributed by atoms with E-state index in [2.05, 4.69) is 15.0 Å². The van der Waals surface area contributed by atoms with Gasteiger partial charge in [0.15, 0.2) is 0 Å². The van der Waals surface area contributed by atoms with Crippen molar-refractivity contribution in [1.82, 2.24) is 10.3 Å². The Bertz CT molecular complexity index is 599. The molecule has 0 aliphatic heterocycles. The number of nitrogens with zero attached hydrogens (tertiary/aromatic N) is 1. The predicted octanol–water partition coefficient (Wildman–Crippen LogP) is 3.91. The van der Waals surface area contributed by atoms with Gasteiger partial charge < -0.3 is 10.1 Å². The van der Waals surface area contributed by atoms with Crippen molar-refractivity contribution in [1.29, 1.82) is 0 Å². The van der Waals surface area contributed by atoms with E-state index in [9.17, 15) is 8.78 Å². The zero-order valence-electron chi connectivity index (χ0n) is 11.4. The lowest BCUT2D eigenvalue weighted by atomic mass is 10.1. The Morgan fingerprint density at radius 2 is 2.14 bits per heavy atom. The van der Waals surface area contributed by atoms with Crippen molar-refractivity contribution in [2.24, 2.45) is 5.92 Å². The molecule has 1 N–H and O–H groups in total. The number of hydrogen-bond donors (Lipinski definition) is 1. The van der Waals surface area contributed by atoms with Gasteiger partial charge in [0.05, 0.1) is 5.69 Å². The van der Waals surface area contributed by atoms with Crippen LogP contribution >= 0.6 is 11.3 Å². The normalized spacial score (nSPS) is 14.6. The maximum atomic E-state index is 12.4. The van der Waals surface area contributed by atoms with Gasteiger partial charge in [-0.1, -0.05) is 12.1 Å². The smallest absolute Gasteiger partial charge is 0.387 e. The van der Waals surface area contributed by atoms with E-state index in [1.54, 1.807) is 18.2 Å². The maximum Gasteiger partial charge on any atom is 0.387 e. The van der Waals surface area contributed by atoms with Gasteiger partial charge in [0.1, 0.15) is 10.8 Å². The number of rotatable bonds is 7. The van der Waals surface area contributed by atoms with Gasteiger partial charge in [-0.15, -0.1) is 11.3 Å². The Morgan fingerprint density at radius 3 is 2.90 bits per heavy atom. The molecule has 1 saturated carbocycles. The highest BCUT2D eigenvalue weighted by atomic mass is 32.1. The summed E-state index contributed by atoms with van der Waals surface area (Å²) in [5, 5.41) is 6.20. The van der Waals surface area contributed by atoms with Crippen LogP contribution < -0.4 is 10.1 Å². The van der Waals surface area contributed by atoms with E-state index in [4.69, 9.17) is 0 Å². The molecule has 0 saturated heterocycles. The first-order valence-corrected chi connectivity index (χ1v) is 7.79. The highest BCUT2D eigenvalue weighted by Crippen LogP contribution is 2.32. The average Bonchev–Trinajstić information content (AvgIpc) is 3.16. The Kier molecular flexibility index (Phi) is 4.45. The van der Waals surface area contributed by atoms with Gasteiger partial charge in [0, 0.05) is 17.5 Å². The van der Waals surface area contributed by atoms with E-state index in [1.165, 1.54) is 30.2 Å². The molecule has 1 heterocycles. The number of hydrogen-bond acceptors (Lipinski definition) is 4. The Morgan fingerprint density at radius 1 is 1.33 bits per heavy atom. The van der Waals surface area contributed by atoms with Crippen molar-refractivity contribution < 1.29 is 13.5 Å². The summed E-state index contributed by atoms with van der Waals surface area (Å²) in [5.74, 6) is 0.986. The molecule has 1 aliphatic carbocycles. The second-order valence-electron chi connectivity index (χ2n) is 5.08. The van der Waals surface area contributed by atoms with Crippen molar-refractivity contribution in [3.63, 3.8) is 0 Å². The summed E-state index contributed by atoms with van der Waals surface area (Å²) in [6, 6.07) is 6.74. The number of thiazole rings is 1. The topological polar surface area (TPSA) is 34.1 Å². The lowest BCUT2D eigenvalue weighted by Gasteiger charge is -2.08. The number of para-hydroxylation sites is 1. The van der Waals surface area contributed by atoms with Crippen molar-refractivity contribution in [2.45, 2.75) is 26.0 Å². The minimum absolute atomic E-state index is 0.162. The van der Waals surface area contributed by atoms with E-state index >= 15 is 0 Å². The highest BCUT2D eigenvalue weighted by molar-refractivity contribution is 7.09. The van der Waals surface area contributed by atoms with Crippen LogP contribution in [0.5, 0.6) is 5.75 Å². The fourth-order valence-electron chi connectivity index (χ4n) is 2.10. The molecule has 0 amide bonds. The lowest BCUT2D eigenvalue weighted by molar-refractivity contribution is -0.0494. The molecule has 1 aromatic carbocycles. The molecule has 0 radical (unpaired) electrons. The molecule has 112 valence electrons. The average molecular weight is 310 g/mol. The third kappa shape index (κ3) is 3.98. The van der Waals surface area contributed by atoms with Gasteiger partial charge in [-0.2, -0.15) is 8.78 Å². The minimum Gasteiger partial charge on any atom is -0.434 e. The molecule has 0 spiro atoms. The Labute approximate surface area is 126 Å². The van der Waals surface area contributed by atoms with E-state index < -0.39 is 6.61 Å². The van der Waals surface area contributed by atoms with Crippen molar-refractivity contribution in [3.05, 3.63) is 34.7 Å². The molecule has 1 fully saturated rings. The van der Waals surface area contributed by atoms with Crippen LogP contribution in [0.15, 0.2) is 29.6 Å². The van der Waals surface area contributed by atoms with Crippen LogP contribution in [0.2, 0.25) is 0 Å². The molecule has 1 aromatic heterocycles. The van der Waals surface area contributed by atoms with E-state index in [0.29, 0.717) is 11.3 Å².